The molecule has 0 radical (unpaired) electrons. The molecular weight excluding hydrogens is 188 g/mol. The topological polar surface area (TPSA) is 26.3 Å². The number of esters is 1. The maximum Gasteiger partial charge on any atom is 0.338 e. The van der Waals surface area contributed by atoms with Crippen LogP contribution in [0.2, 0.25) is 0 Å². The maximum absolute atomic E-state index is 11.4. The molecule has 0 amide bonds. The molecule has 1 unspecified atom stereocenters. The van der Waals surface area contributed by atoms with E-state index < -0.39 is 0 Å². The summed E-state index contributed by atoms with van der Waals surface area (Å²) in [6.45, 7) is 6.68. The van der Waals surface area contributed by atoms with Gasteiger partial charge in [-0.1, -0.05) is 25.2 Å². The third-order valence-electron chi connectivity index (χ3n) is 3.19. The fraction of sp³-hybridized carbons (Fsp3) is 0.462. The van der Waals surface area contributed by atoms with Gasteiger partial charge < -0.3 is 4.74 Å². The molecule has 0 aromatic heterocycles. The number of rotatable bonds is 0. The Morgan fingerprint density at radius 1 is 1.47 bits per heavy atom. The maximum atomic E-state index is 11.4. The van der Waals surface area contributed by atoms with Crippen molar-refractivity contribution in [2.75, 3.05) is 6.61 Å². The Balaban J connectivity index is 2.27. The van der Waals surface area contributed by atoms with E-state index in [-0.39, 0.29) is 5.97 Å². The average Bonchev–Trinajstić information content (AvgIpc) is 2.57. The number of allylic oxidation sites excluding steroid dienone is 2. The largest absolute Gasteiger partial charge is 0.458 e. The molecule has 0 fully saturated rings. The molecule has 2 rings (SSSR count). The lowest BCUT2D eigenvalue weighted by molar-refractivity contribution is -0.135. The van der Waals surface area contributed by atoms with E-state index in [1.54, 1.807) is 0 Å². The van der Waals surface area contributed by atoms with Crippen molar-refractivity contribution in [3.63, 3.8) is 0 Å². The Morgan fingerprint density at radius 2 is 2.27 bits per heavy atom. The van der Waals surface area contributed by atoms with Crippen molar-refractivity contribution in [1.29, 1.82) is 0 Å². The van der Waals surface area contributed by atoms with E-state index in [1.807, 2.05) is 12.2 Å². The van der Waals surface area contributed by atoms with Crippen molar-refractivity contribution in [3.8, 4) is 0 Å². The lowest BCUT2D eigenvalue weighted by atomic mass is 9.96. The third kappa shape index (κ3) is 2.04. The van der Waals surface area contributed by atoms with Crippen molar-refractivity contribution in [2.24, 2.45) is 5.92 Å². The van der Waals surface area contributed by atoms with Gasteiger partial charge in [0.05, 0.1) is 5.57 Å². The first-order valence-electron chi connectivity index (χ1n) is 5.44. The molecule has 80 valence electrons. The minimum atomic E-state index is -0.177. The van der Waals surface area contributed by atoms with Crippen molar-refractivity contribution in [1.82, 2.24) is 0 Å². The number of hydrogen-bond donors (Lipinski definition) is 0. The van der Waals surface area contributed by atoms with Gasteiger partial charge in [0.1, 0.15) is 6.61 Å². The van der Waals surface area contributed by atoms with Crippen LogP contribution in [0.3, 0.4) is 0 Å². The van der Waals surface area contributed by atoms with Crippen LogP contribution in [-0.4, -0.2) is 12.6 Å². The third-order valence-corrected chi connectivity index (χ3v) is 3.19. The summed E-state index contributed by atoms with van der Waals surface area (Å²) in [6.07, 6.45) is 7.04. The summed E-state index contributed by atoms with van der Waals surface area (Å²) in [6, 6.07) is 0. The number of carbonyl (C=O) groups is 1. The molecule has 0 bridgehead atoms. The molecule has 1 aliphatic carbocycles. The molecule has 2 aliphatic rings. The van der Waals surface area contributed by atoms with Gasteiger partial charge in [0.25, 0.3) is 0 Å². The lowest BCUT2D eigenvalue weighted by Gasteiger charge is -2.10. The zero-order valence-corrected chi connectivity index (χ0v) is 9.08. The fourth-order valence-corrected chi connectivity index (χ4v) is 2.01. The molecule has 0 aromatic rings. The van der Waals surface area contributed by atoms with E-state index in [1.165, 1.54) is 0 Å². The van der Waals surface area contributed by atoms with Crippen LogP contribution in [0.1, 0.15) is 26.2 Å². The van der Waals surface area contributed by atoms with Crippen LogP contribution in [-0.2, 0) is 9.53 Å². The van der Waals surface area contributed by atoms with Gasteiger partial charge in [-0.2, -0.15) is 0 Å². The highest BCUT2D eigenvalue weighted by molar-refractivity contribution is 5.94. The summed E-state index contributed by atoms with van der Waals surface area (Å²) in [5.74, 6) is 0.334. The number of cyclic esters (lactones) is 1. The first kappa shape index (κ1) is 10.2. The van der Waals surface area contributed by atoms with Gasteiger partial charge in [0.2, 0.25) is 0 Å². The van der Waals surface area contributed by atoms with E-state index in [4.69, 9.17) is 4.74 Å². The van der Waals surface area contributed by atoms with Crippen LogP contribution in [0.15, 0.2) is 35.5 Å². The van der Waals surface area contributed by atoms with Crippen LogP contribution in [0.4, 0.5) is 0 Å². The second kappa shape index (κ2) is 4.05. The summed E-state index contributed by atoms with van der Waals surface area (Å²) >= 11 is 0. The number of hydrogen-bond acceptors (Lipinski definition) is 2. The zero-order chi connectivity index (χ0) is 10.8. The molecule has 2 nitrogen and oxygen atoms in total. The molecule has 1 heterocycles. The van der Waals surface area contributed by atoms with Crippen LogP contribution in [0, 0.1) is 5.92 Å². The normalized spacial score (nSPS) is 29.0. The smallest absolute Gasteiger partial charge is 0.338 e. The minimum Gasteiger partial charge on any atom is -0.458 e. The summed E-state index contributed by atoms with van der Waals surface area (Å²) < 4.78 is 5.02. The Hall–Kier alpha value is -1.31. The second-order valence-corrected chi connectivity index (χ2v) is 4.29. The van der Waals surface area contributed by atoms with Gasteiger partial charge in [-0.15, -0.1) is 0 Å². The quantitative estimate of drug-likeness (QED) is 0.567. The predicted molar refractivity (Wildman–Crippen MR) is 59.3 cm³/mol. The molecule has 1 aliphatic heterocycles. The monoisotopic (exact) mass is 204 g/mol. The first-order chi connectivity index (χ1) is 7.18. The Kier molecular flexibility index (Phi) is 2.76. The lowest BCUT2D eigenvalue weighted by Crippen LogP contribution is -1.98. The molecule has 15 heavy (non-hydrogen) atoms. The zero-order valence-electron chi connectivity index (χ0n) is 9.08. The first-order valence-corrected chi connectivity index (χ1v) is 5.44. The predicted octanol–water partition coefficient (Wildman–Crippen LogP) is 2.77. The summed E-state index contributed by atoms with van der Waals surface area (Å²) in [7, 11) is 0. The highest BCUT2D eigenvalue weighted by Crippen LogP contribution is 2.27. The molecule has 0 saturated heterocycles. The Labute approximate surface area is 90.3 Å². The van der Waals surface area contributed by atoms with E-state index >= 15 is 0 Å². The average molecular weight is 204 g/mol. The Morgan fingerprint density at radius 3 is 3.07 bits per heavy atom. The van der Waals surface area contributed by atoms with Crippen molar-refractivity contribution >= 4 is 5.97 Å². The standard InChI is InChI=1S/C13H16O2/c1-9-4-3-5-11-8-15-13(14)12(11)7-6-10(9)2/h6-7,9H,2-5,8H2,1H3/b7-6-. The van der Waals surface area contributed by atoms with E-state index in [0.29, 0.717) is 12.5 Å². The molecule has 1 atom stereocenters. The summed E-state index contributed by atoms with van der Waals surface area (Å²) in [4.78, 5) is 11.4. The minimum absolute atomic E-state index is 0.177. The van der Waals surface area contributed by atoms with Gasteiger partial charge in [-0.25, -0.2) is 4.79 Å². The van der Waals surface area contributed by atoms with Crippen LogP contribution in [0.25, 0.3) is 0 Å². The van der Waals surface area contributed by atoms with Gasteiger partial charge in [0, 0.05) is 0 Å². The van der Waals surface area contributed by atoms with E-state index in [2.05, 4.69) is 13.5 Å². The van der Waals surface area contributed by atoms with Crippen molar-refractivity contribution in [3.05, 3.63) is 35.5 Å². The van der Waals surface area contributed by atoms with Crippen molar-refractivity contribution in [2.45, 2.75) is 26.2 Å². The number of carbonyl (C=O) groups excluding carboxylic acids is 1. The highest BCUT2D eigenvalue weighted by Gasteiger charge is 2.23. The van der Waals surface area contributed by atoms with Gasteiger partial charge in [-0.3, -0.25) is 0 Å². The molecule has 0 N–H and O–H groups in total. The van der Waals surface area contributed by atoms with E-state index in [0.717, 1.165) is 36.0 Å². The molecular formula is C13H16O2. The highest BCUT2D eigenvalue weighted by atomic mass is 16.5. The van der Waals surface area contributed by atoms with Crippen LogP contribution < -0.4 is 0 Å². The summed E-state index contributed by atoms with van der Waals surface area (Å²) in [5, 5.41) is 0. The molecule has 2 heteroatoms. The molecule has 0 aromatic carbocycles. The SMILES string of the molecule is C=C1/C=C\C2=C(CCCC1C)COC2=O. The summed E-state index contributed by atoms with van der Waals surface area (Å²) in [5.41, 5.74) is 3.01. The van der Waals surface area contributed by atoms with Crippen molar-refractivity contribution < 1.29 is 9.53 Å². The Bertz CT molecular complexity index is 361. The van der Waals surface area contributed by atoms with E-state index in [9.17, 15) is 4.79 Å². The molecule has 0 spiro atoms. The molecule has 0 saturated carbocycles. The number of ether oxygens (including phenoxy) is 1. The fourth-order valence-electron chi connectivity index (χ4n) is 2.01. The van der Waals surface area contributed by atoms with Gasteiger partial charge in [0.15, 0.2) is 0 Å². The van der Waals surface area contributed by atoms with Crippen LogP contribution >= 0.6 is 0 Å². The van der Waals surface area contributed by atoms with Gasteiger partial charge in [-0.05, 0) is 36.8 Å². The van der Waals surface area contributed by atoms with Gasteiger partial charge >= 0.3 is 5.97 Å². The van der Waals surface area contributed by atoms with Crippen LogP contribution in [0.5, 0.6) is 0 Å². The second-order valence-electron chi connectivity index (χ2n) is 4.29.